The van der Waals surface area contributed by atoms with Gasteiger partial charge in [-0.25, -0.2) is 0 Å². The minimum Gasteiger partial charge on any atom is -0.394 e. The van der Waals surface area contributed by atoms with Crippen LogP contribution >= 0.6 is 0 Å². The fraction of sp³-hybridized carbons (Fsp3) is 0.417. The van der Waals surface area contributed by atoms with Crippen molar-refractivity contribution in [3.63, 3.8) is 0 Å². The summed E-state index contributed by atoms with van der Waals surface area (Å²) in [5, 5.41) is 12.0. The molecule has 0 aliphatic rings. The number of rotatable bonds is 4. The van der Waals surface area contributed by atoms with Crippen molar-refractivity contribution in [2.24, 2.45) is 0 Å². The number of hydrogen-bond donors (Lipinski definition) is 2. The van der Waals surface area contributed by atoms with Gasteiger partial charge in [0.05, 0.1) is 12.6 Å². The van der Waals surface area contributed by atoms with Crippen LogP contribution in [0.2, 0.25) is 0 Å². The molecule has 1 aromatic rings. The van der Waals surface area contributed by atoms with Gasteiger partial charge in [-0.1, -0.05) is 36.8 Å². The zero-order valence-corrected chi connectivity index (χ0v) is 9.16. The first-order valence-electron chi connectivity index (χ1n) is 5.14. The van der Waals surface area contributed by atoms with Crippen LogP contribution in [0.5, 0.6) is 0 Å². The quantitative estimate of drug-likeness (QED) is 0.787. The smallest absolute Gasteiger partial charge is 0.220 e. The Labute approximate surface area is 90.1 Å². The third-order valence-corrected chi connectivity index (χ3v) is 2.28. The van der Waals surface area contributed by atoms with Crippen molar-refractivity contribution in [2.45, 2.75) is 26.3 Å². The Balaban J connectivity index is 2.78. The maximum absolute atomic E-state index is 11.2. The maximum atomic E-state index is 11.2. The molecule has 0 aliphatic heterocycles. The fourth-order valence-corrected chi connectivity index (χ4v) is 1.42. The van der Waals surface area contributed by atoms with Crippen LogP contribution in [-0.2, 0) is 4.79 Å². The zero-order valence-electron chi connectivity index (χ0n) is 9.16. The van der Waals surface area contributed by atoms with Crippen molar-refractivity contribution in [3.8, 4) is 0 Å². The van der Waals surface area contributed by atoms with Gasteiger partial charge in [0.1, 0.15) is 0 Å². The topological polar surface area (TPSA) is 49.3 Å². The molecule has 0 aliphatic carbocycles. The Morgan fingerprint density at radius 2 is 2.27 bits per heavy atom. The Morgan fingerprint density at radius 1 is 1.53 bits per heavy atom. The molecule has 2 N–H and O–H groups in total. The van der Waals surface area contributed by atoms with Crippen molar-refractivity contribution in [2.75, 3.05) is 6.61 Å². The number of carbonyl (C=O) groups is 1. The molecule has 0 unspecified atom stereocenters. The molecule has 0 heterocycles. The molecule has 0 radical (unpaired) electrons. The number of aliphatic hydroxyl groups excluding tert-OH is 1. The van der Waals surface area contributed by atoms with Crippen LogP contribution in [0.25, 0.3) is 0 Å². The number of benzene rings is 1. The molecule has 3 heteroatoms. The van der Waals surface area contributed by atoms with Crippen LogP contribution < -0.4 is 5.32 Å². The molecule has 0 aromatic heterocycles. The molecule has 1 rings (SSSR count). The summed E-state index contributed by atoms with van der Waals surface area (Å²) in [4.78, 5) is 11.2. The van der Waals surface area contributed by atoms with Gasteiger partial charge in [0.2, 0.25) is 5.91 Å². The lowest BCUT2D eigenvalue weighted by molar-refractivity contribution is -0.121. The van der Waals surface area contributed by atoms with Crippen molar-refractivity contribution in [1.82, 2.24) is 5.32 Å². The summed E-state index contributed by atoms with van der Waals surface area (Å²) in [5.74, 6) is -0.0458. The molecule has 0 saturated heterocycles. The lowest BCUT2D eigenvalue weighted by Gasteiger charge is -2.16. The summed E-state index contributed by atoms with van der Waals surface area (Å²) in [6.07, 6.45) is 0.433. The first-order valence-corrected chi connectivity index (χ1v) is 5.14. The van der Waals surface area contributed by atoms with E-state index in [1.807, 2.05) is 31.2 Å². The van der Waals surface area contributed by atoms with Gasteiger partial charge in [-0.05, 0) is 12.5 Å². The van der Waals surface area contributed by atoms with Gasteiger partial charge in [0.15, 0.2) is 0 Å². The predicted octanol–water partition coefficient (Wildman–Crippen LogP) is 1.55. The zero-order chi connectivity index (χ0) is 11.3. The lowest BCUT2D eigenvalue weighted by Crippen LogP contribution is -2.30. The Bertz CT molecular complexity index is 336. The van der Waals surface area contributed by atoms with Gasteiger partial charge in [0, 0.05) is 6.42 Å². The van der Waals surface area contributed by atoms with Crippen molar-refractivity contribution >= 4 is 5.91 Å². The number of hydrogen-bond acceptors (Lipinski definition) is 2. The highest BCUT2D eigenvalue weighted by Gasteiger charge is 2.11. The van der Waals surface area contributed by atoms with Gasteiger partial charge < -0.3 is 10.4 Å². The van der Waals surface area contributed by atoms with E-state index in [0.717, 1.165) is 11.1 Å². The molecule has 1 atom stereocenters. The van der Waals surface area contributed by atoms with Crippen molar-refractivity contribution < 1.29 is 9.90 Å². The average molecular weight is 207 g/mol. The Morgan fingerprint density at radius 3 is 2.80 bits per heavy atom. The standard InChI is InChI=1S/C12H17NO2/c1-3-12(15)13-11(8-14)10-6-4-5-9(2)7-10/h4-7,11,14H,3,8H2,1-2H3,(H,13,15)/t11-/m1/s1. The summed E-state index contributed by atoms with van der Waals surface area (Å²) >= 11 is 0. The van der Waals surface area contributed by atoms with E-state index in [2.05, 4.69) is 5.32 Å². The molecule has 15 heavy (non-hydrogen) atoms. The third-order valence-electron chi connectivity index (χ3n) is 2.28. The average Bonchev–Trinajstić information content (AvgIpc) is 2.25. The van der Waals surface area contributed by atoms with Crippen LogP contribution in [0, 0.1) is 6.92 Å². The van der Waals surface area contributed by atoms with Gasteiger partial charge in [-0.3, -0.25) is 4.79 Å². The second kappa shape index (κ2) is 5.51. The summed E-state index contributed by atoms with van der Waals surface area (Å²) in [6.45, 7) is 3.70. The SMILES string of the molecule is CCC(=O)N[C@H](CO)c1cccc(C)c1. The predicted molar refractivity (Wildman–Crippen MR) is 59.4 cm³/mol. The Kier molecular flexibility index (Phi) is 4.31. The van der Waals surface area contributed by atoms with Gasteiger partial charge >= 0.3 is 0 Å². The van der Waals surface area contributed by atoms with E-state index in [9.17, 15) is 9.90 Å². The summed E-state index contributed by atoms with van der Waals surface area (Å²) < 4.78 is 0. The number of aliphatic hydroxyl groups is 1. The molecule has 0 fully saturated rings. The van der Waals surface area contributed by atoms with Gasteiger partial charge in [0.25, 0.3) is 0 Å². The summed E-state index contributed by atoms with van der Waals surface area (Å²) in [7, 11) is 0. The highest BCUT2D eigenvalue weighted by atomic mass is 16.3. The van der Waals surface area contributed by atoms with Gasteiger partial charge in [-0.2, -0.15) is 0 Å². The van der Waals surface area contributed by atoms with E-state index in [-0.39, 0.29) is 18.6 Å². The van der Waals surface area contributed by atoms with E-state index >= 15 is 0 Å². The van der Waals surface area contributed by atoms with E-state index in [1.54, 1.807) is 6.92 Å². The minimum atomic E-state index is -0.294. The maximum Gasteiger partial charge on any atom is 0.220 e. The third kappa shape index (κ3) is 3.36. The molecular formula is C12H17NO2. The van der Waals surface area contributed by atoms with E-state index < -0.39 is 0 Å². The summed E-state index contributed by atoms with van der Waals surface area (Å²) in [6, 6.07) is 7.49. The van der Waals surface area contributed by atoms with Crippen molar-refractivity contribution in [3.05, 3.63) is 35.4 Å². The van der Waals surface area contributed by atoms with Crippen LogP contribution in [0.3, 0.4) is 0 Å². The molecule has 0 saturated carbocycles. The van der Waals surface area contributed by atoms with Gasteiger partial charge in [-0.15, -0.1) is 0 Å². The first-order chi connectivity index (χ1) is 7.17. The van der Waals surface area contributed by atoms with Crippen molar-refractivity contribution in [1.29, 1.82) is 0 Å². The molecular weight excluding hydrogens is 190 g/mol. The highest BCUT2D eigenvalue weighted by Crippen LogP contribution is 2.13. The van der Waals surface area contributed by atoms with Crippen LogP contribution in [0.4, 0.5) is 0 Å². The molecule has 1 aromatic carbocycles. The lowest BCUT2D eigenvalue weighted by atomic mass is 10.1. The van der Waals surface area contributed by atoms with E-state index in [4.69, 9.17) is 0 Å². The molecule has 0 bridgehead atoms. The minimum absolute atomic E-state index is 0.0458. The van der Waals surface area contributed by atoms with E-state index in [1.165, 1.54) is 0 Å². The first kappa shape index (κ1) is 11.7. The van der Waals surface area contributed by atoms with E-state index in [0.29, 0.717) is 6.42 Å². The molecule has 0 spiro atoms. The van der Waals surface area contributed by atoms with Crippen LogP contribution in [-0.4, -0.2) is 17.6 Å². The molecule has 82 valence electrons. The molecule has 1 amide bonds. The monoisotopic (exact) mass is 207 g/mol. The second-order valence-electron chi connectivity index (χ2n) is 3.57. The Hall–Kier alpha value is -1.35. The largest absolute Gasteiger partial charge is 0.394 e. The number of carbonyl (C=O) groups excluding carboxylic acids is 1. The molecule has 3 nitrogen and oxygen atoms in total. The van der Waals surface area contributed by atoms with Crippen LogP contribution in [0.1, 0.15) is 30.5 Å². The summed E-state index contributed by atoms with van der Waals surface area (Å²) in [5.41, 5.74) is 2.07. The number of aryl methyl sites for hydroxylation is 1. The van der Waals surface area contributed by atoms with Crippen LogP contribution in [0.15, 0.2) is 24.3 Å². The second-order valence-corrected chi connectivity index (χ2v) is 3.57. The number of nitrogens with one attached hydrogen (secondary N) is 1. The number of amides is 1. The highest BCUT2D eigenvalue weighted by molar-refractivity contribution is 5.76. The fourth-order valence-electron chi connectivity index (χ4n) is 1.42. The normalized spacial score (nSPS) is 12.2.